The molecule has 17 heavy (non-hydrogen) atoms. The van der Waals surface area contributed by atoms with Gasteiger partial charge in [0, 0.05) is 12.0 Å². The van der Waals surface area contributed by atoms with E-state index >= 15 is 0 Å². The molecular weight excluding hydrogens is 220 g/mol. The quantitative estimate of drug-likeness (QED) is 0.362. The maximum absolute atomic E-state index is 8.53. The topological polar surface area (TPSA) is 77.1 Å². The summed E-state index contributed by atoms with van der Waals surface area (Å²) in [7, 11) is 0. The van der Waals surface area contributed by atoms with E-state index in [-0.39, 0.29) is 12.1 Å². The Balaban J connectivity index is 1.97. The summed E-state index contributed by atoms with van der Waals surface area (Å²) in [6, 6.07) is 7.05. The number of ether oxygens (including phenoxy) is 2. The van der Waals surface area contributed by atoms with Crippen LogP contribution in [0.1, 0.15) is 24.8 Å². The Labute approximate surface area is 99.8 Å². The summed E-state index contributed by atoms with van der Waals surface area (Å²) in [4.78, 5) is 0. The molecule has 0 spiro atoms. The van der Waals surface area contributed by atoms with Crippen molar-refractivity contribution in [3.05, 3.63) is 29.8 Å². The molecule has 1 fully saturated rings. The largest absolute Gasteiger partial charge is 0.465 e. The molecule has 1 aromatic rings. The van der Waals surface area contributed by atoms with Gasteiger partial charge in [0.05, 0.1) is 6.61 Å². The van der Waals surface area contributed by atoms with Crippen molar-refractivity contribution >= 4 is 5.84 Å². The van der Waals surface area contributed by atoms with Crippen LogP contribution in [0.4, 0.5) is 0 Å². The van der Waals surface area contributed by atoms with Crippen LogP contribution in [0.3, 0.4) is 0 Å². The third-order valence-electron chi connectivity index (χ3n) is 2.66. The molecule has 0 saturated carbocycles. The van der Waals surface area contributed by atoms with Crippen LogP contribution in [0.5, 0.6) is 5.75 Å². The van der Waals surface area contributed by atoms with E-state index in [0.717, 1.165) is 31.6 Å². The van der Waals surface area contributed by atoms with Crippen LogP contribution in [0.25, 0.3) is 0 Å². The predicted octanol–water partition coefficient (Wildman–Crippen LogP) is 1.69. The van der Waals surface area contributed by atoms with E-state index in [1.54, 1.807) is 24.3 Å². The first kappa shape index (κ1) is 11.7. The standard InChI is InChI=1S/C12H16N2O3/c13-12(14-15)9-4-6-10(7-5-9)17-11-3-1-2-8-16-11/h4-7,11,15H,1-3,8H2,(H2,13,14). The van der Waals surface area contributed by atoms with Crippen LogP contribution in [-0.2, 0) is 4.74 Å². The first-order chi connectivity index (χ1) is 8.29. The molecule has 3 N–H and O–H groups in total. The predicted molar refractivity (Wildman–Crippen MR) is 63.2 cm³/mol. The second-order valence-electron chi connectivity index (χ2n) is 3.92. The fourth-order valence-corrected chi connectivity index (χ4v) is 1.72. The van der Waals surface area contributed by atoms with Gasteiger partial charge in [-0.15, -0.1) is 0 Å². The number of benzene rings is 1. The lowest BCUT2D eigenvalue weighted by atomic mass is 10.2. The SMILES string of the molecule is N/C(=N\O)c1ccc(OC2CCCCO2)cc1. The van der Waals surface area contributed by atoms with Crippen LogP contribution in [0.2, 0.25) is 0 Å². The Kier molecular flexibility index (Phi) is 3.82. The monoisotopic (exact) mass is 236 g/mol. The van der Waals surface area contributed by atoms with Crippen LogP contribution in [-0.4, -0.2) is 23.9 Å². The third kappa shape index (κ3) is 3.10. The first-order valence-electron chi connectivity index (χ1n) is 5.66. The van der Waals surface area contributed by atoms with Crippen molar-refractivity contribution in [3.63, 3.8) is 0 Å². The number of nitrogens with zero attached hydrogens (tertiary/aromatic N) is 1. The molecule has 1 aliphatic rings. The minimum absolute atomic E-state index is 0.0884. The number of amidine groups is 1. The second kappa shape index (κ2) is 5.54. The maximum atomic E-state index is 8.53. The molecule has 1 unspecified atom stereocenters. The van der Waals surface area contributed by atoms with Gasteiger partial charge in [-0.2, -0.15) is 0 Å². The molecule has 0 aliphatic carbocycles. The third-order valence-corrected chi connectivity index (χ3v) is 2.66. The smallest absolute Gasteiger partial charge is 0.199 e. The highest BCUT2D eigenvalue weighted by Crippen LogP contribution is 2.19. The minimum atomic E-state index is -0.154. The summed E-state index contributed by atoms with van der Waals surface area (Å²) in [6.45, 7) is 0.757. The summed E-state index contributed by atoms with van der Waals surface area (Å²) in [5, 5.41) is 11.5. The molecule has 1 aromatic carbocycles. The highest BCUT2D eigenvalue weighted by atomic mass is 16.7. The van der Waals surface area contributed by atoms with Gasteiger partial charge < -0.3 is 20.4 Å². The molecule has 0 bridgehead atoms. The molecule has 0 amide bonds. The second-order valence-corrected chi connectivity index (χ2v) is 3.92. The Bertz CT molecular complexity index is 383. The van der Waals surface area contributed by atoms with Gasteiger partial charge in [0.2, 0.25) is 0 Å². The number of hydrogen-bond acceptors (Lipinski definition) is 4. The van der Waals surface area contributed by atoms with Gasteiger partial charge in [-0.1, -0.05) is 5.16 Å². The highest BCUT2D eigenvalue weighted by Gasteiger charge is 2.15. The van der Waals surface area contributed by atoms with Gasteiger partial charge in [-0.05, 0) is 37.1 Å². The van der Waals surface area contributed by atoms with Crippen molar-refractivity contribution in [1.82, 2.24) is 0 Å². The lowest BCUT2D eigenvalue weighted by Gasteiger charge is -2.23. The van der Waals surface area contributed by atoms with E-state index in [1.165, 1.54) is 0 Å². The molecule has 1 saturated heterocycles. The summed E-state index contributed by atoms with van der Waals surface area (Å²) in [5.74, 6) is 0.817. The average molecular weight is 236 g/mol. The molecule has 92 valence electrons. The Morgan fingerprint density at radius 2 is 2.12 bits per heavy atom. The van der Waals surface area contributed by atoms with Gasteiger partial charge in [0.15, 0.2) is 12.1 Å². The molecule has 0 radical (unpaired) electrons. The summed E-state index contributed by atoms with van der Waals surface area (Å²) < 4.78 is 11.1. The van der Waals surface area contributed by atoms with E-state index in [0.29, 0.717) is 5.56 Å². The van der Waals surface area contributed by atoms with Crippen LogP contribution in [0, 0.1) is 0 Å². The van der Waals surface area contributed by atoms with Gasteiger partial charge in [-0.3, -0.25) is 0 Å². The summed E-state index contributed by atoms with van der Waals surface area (Å²) >= 11 is 0. The van der Waals surface area contributed by atoms with Gasteiger partial charge in [0.1, 0.15) is 5.75 Å². The fraction of sp³-hybridized carbons (Fsp3) is 0.417. The normalized spacial score (nSPS) is 21.2. The first-order valence-corrected chi connectivity index (χ1v) is 5.66. The molecule has 1 aliphatic heterocycles. The molecular formula is C12H16N2O3. The van der Waals surface area contributed by atoms with Gasteiger partial charge in [0.25, 0.3) is 0 Å². The van der Waals surface area contributed by atoms with Crippen molar-refractivity contribution in [3.8, 4) is 5.75 Å². The lowest BCUT2D eigenvalue weighted by Crippen LogP contribution is -2.25. The van der Waals surface area contributed by atoms with Crippen molar-refractivity contribution in [1.29, 1.82) is 0 Å². The Morgan fingerprint density at radius 3 is 2.71 bits per heavy atom. The zero-order chi connectivity index (χ0) is 12.1. The van der Waals surface area contributed by atoms with Crippen molar-refractivity contribution in [2.24, 2.45) is 10.9 Å². The average Bonchev–Trinajstić information content (AvgIpc) is 2.40. The molecule has 1 heterocycles. The summed E-state index contributed by atoms with van der Waals surface area (Å²) in [6.07, 6.45) is 3.00. The van der Waals surface area contributed by atoms with E-state index in [9.17, 15) is 0 Å². The number of oxime groups is 1. The summed E-state index contributed by atoms with van der Waals surface area (Å²) in [5.41, 5.74) is 6.12. The molecule has 5 nitrogen and oxygen atoms in total. The fourth-order valence-electron chi connectivity index (χ4n) is 1.72. The van der Waals surface area contributed by atoms with Crippen molar-refractivity contribution in [2.75, 3.05) is 6.61 Å². The zero-order valence-corrected chi connectivity index (χ0v) is 9.50. The number of hydrogen-bond donors (Lipinski definition) is 2. The molecule has 1 atom stereocenters. The maximum Gasteiger partial charge on any atom is 0.199 e. The van der Waals surface area contributed by atoms with Crippen molar-refractivity contribution in [2.45, 2.75) is 25.6 Å². The van der Waals surface area contributed by atoms with Gasteiger partial charge in [-0.25, -0.2) is 0 Å². The number of rotatable bonds is 3. The molecule has 0 aromatic heterocycles. The molecule has 5 heteroatoms. The van der Waals surface area contributed by atoms with E-state index in [2.05, 4.69) is 5.16 Å². The number of nitrogens with two attached hydrogens (primary N) is 1. The Morgan fingerprint density at radius 1 is 1.35 bits per heavy atom. The van der Waals surface area contributed by atoms with Crippen LogP contribution in [0.15, 0.2) is 29.4 Å². The lowest BCUT2D eigenvalue weighted by molar-refractivity contribution is -0.105. The Hall–Kier alpha value is -1.75. The molecule has 2 rings (SSSR count). The van der Waals surface area contributed by atoms with E-state index < -0.39 is 0 Å². The van der Waals surface area contributed by atoms with Crippen molar-refractivity contribution < 1.29 is 14.7 Å². The highest BCUT2D eigenvalue weighted by molar-refractivity contribution is 5.97. The minimum Gasteiger partial charge on any atom is -0.465 e. The van der Waals surface area contributed by atoms with E-state index in [4.69, 9.17) is 20.4 Å². The van der Waals surface area contributed by atoms with Crippen LogP contribution < -0.4 is 10.5 Å². The van der Waals surface area contributed by atoms with Crippen LogP contribution >= 0.6 is 0 Å². The van der Waals surface area contributed by atoms with E-state index in [1.807, 2.05) is 0 Å². The zero-order valence-electron chi connectivity index (χ0n) is 9.50. The van der Waals surface area contributed by atoms with Gasteiger partial charge >= 0.3 is 0 Å².